The Hall–Kier alpha value is -0.870. The Kier molecular flexibility index (Phi) is 3.54. The summed E-state index contributed by atoms with van der Waals surface area (Å²) in [4.78, 5) is 14.4. The Morgan fingerprint density at radius 2 is 2.29 bits per heavy atom. The van der Waals surface area contributed by atoms with E-state index in [2.05, 4.69) is 19.2 Å². The maximum absolute atomic E-state index is 12.4. The first-order chi connectivity index (χ1) is 8.03. The number of hydrogen-bond acceptors (Lipinski definition) is 3. The summed E-state index contributed by atoms with van der Waals surface area (Å²) < 4.78 is 0. The monoisotopic (exact) mass is 252 g/mol. The summed E-state index contributed by atoms with van der Waals surface area (Å²) in [5, 5.41) is 6.24. The van der Waals surface area contributed by atoms with Crippen LogP contribution in [-0.2, 0) is 4.79 Å². The van der Waals surface area contributed by atoms with Crippen LogP contribution in [0.4, 0.5) is 5.00 Å². The lowest BCUT2D eigenvalue weighted by molar-refractivity contribution is -0.120. The maximum Gasteiger partial charge on any atom is 0.244 e. The summed E-state index contributed by atoms with van der Waals surface area (Å²) in [7, 11) is 1.87. The highest BCUT2D eigenvalue weighted by atomic mass is 32.1. The van der Waals surface area contributed by atoms with Crippen molar-refractivity contribution in [1.82, 2.24) is 5.32 Å². The summed E-state index contributed by atoms with van der Waals surface area (Å²) in [5.41, 5.74) is 0.218. The number of thiophene rings is 1. The van der Waals surface area contributed by atoms with Crippen LogP contribution in [0.5, 0.6) is 0 Å². The maximum atomic E-state index is 12.4. The van der Waals surface area contributed by atoms with Crippen molar-refractivity contribution in [2.45, 2.75) is 32.7 Å². The molecule has 1 aliphatic heterocycles. The molecule has 2 rings (SSSR count). The molecule has 1 saturated heterocycles. The molecule has 1 aliphatic rings. The summed E-state index contributed by atoms with van der Waals surface area (Å²) in [5.74, 6) is 0.209. The second kappa shape index (κ2) is 4.78. The molecule has 1 aromatic rings. The molecule has 94 valence electrons. The van der Waals surface area contributed by atoms with Gasteiger partial charge in [0.2, 0.25) is 5.91 Å². The molecule has 4 heteroatoms. The van der Waals surface area contributed by atoms with Crippen LogP contribution in [0.1, 0.15) is 26.7 Å². The Morgan fingerprint density at radius 1 is 1.53 bits per heavy atom. The summed E-state index contributed by atoms with van der Waals surface area (Å²) in [6.07, 6.45) is 1.96. The fraction of sp³-hybridized carbons (Fsp3) is 0.615. The fourth-order valence-corrected chi connectivity index (χ4v) is 3.08. The van der Waals surface area contributed by atoms with Crippen LogP contribution >= 0.6 is 11.3 Å². The van der Waals surface area contributed by atoms with E-state index in [1.807, 2.05) is 29.5 Å². The number of nitrogens with one attached hydrogen (secondary N) is 1. The number of nitrogens with zero attached hydrogens (tertiary/aromatic N) is 1. The minimum atomic E-state index is -0.0606. The van der Waals surface area contributed by atoms with Crippen LogP contribution in [0.2, 0.25) is 0 Å². The molecule has 1 unspecified atom stereocenters. The van der Waals surface area contributed by atoms with E-state index in [1.165, 1.54) is 0 Å². The average Bonchev–Trinajstić information content (AvgIpc) is 2.75. The van der Waals surface area contributed by atoms with Crippen LogP contribution in [0.3, 0.4) is 0 Å². The summed E-state index contributed by atoms with van der Waals surface area (Å²) in [6.45, 7) is 5.30. The van der Waals surface area contributed by atoms with Gasteiger partial charge in [-0.05, 0) is 42.8 Å². The standard InChI is InChI=1S/C13H20N2OS/c1-13(2)6-7-15(11-5-4-8-17-11)12(16)10(9-13)14-3/h4-5,8,10,14H,6-7,9H2,1-3H3. The molecule has 1 fully saturated rings. The van der Waals surface area contributed by atoms with Crippen molar-refractivity contribution in [3.8, 4) is 0 Å². The van der Waals surface area contributed by atoms with Gasteiger partial charge in [0.05, 0.1) is 11.0 Å². The topological polar surface area (TPSA) is 32.3 Å². The highest BCUT2D eigenvalue weighted by molar-refractivity contribution is 7.14. The van der Waals surface area contributed by atoms with E-state index in [-0.39, 0.29) is 17.4 Å². The molecule has 1 aromatic heterocycles. The third-order valence-corrected chi connectivity index (χ3v) is 4.34. The van der Waals surface area contributed by atoms with Gasteiger partial charge in [-0.3, -0.25) is 4.79 Å². The molecule has 1 atom stereocenters. The molecule has 1 N–H and O–H groups in total. The predicted molar refractivity (Wildman–Crippen MR) is 72.5 cm³/mol. The number of carbonyl (C=O) groups is 1. The second-order valence-electron chi connectivity index (χ2n) is 5.40. The zero-order valence-electron chi connectivity index (χ0n) is 10.7. The lowest BCUT2D eigenvalue weighted by Crippen LogP contribution is -2.44. The number of amides is 1. The van der Waals surface area contributed by atoms with E-state index in [0.717, 1.165) is 24.4 Å². The molecule has 0 bridgehead atoms. The van der Waals surface area contributed by atoms with Crippen LogP contribution in [-0.4, -0.2) is 25.5 Å². The first-order valence-corrected chi connectivity index (χ1v) is 6.94. The molecule has 0 spiro atoms. The van der Waals surface area contributed by atoms with E-state index in [9.17, 15) is 4.79 Å². The summed E-state index contributed by atoms with van der Waals surface area (Å²) in [6, 6.07) is 3.96. The largest absolute Gasteiger partial charge is 0.309 e. The van der Waals surface area contributed by atoms with E-state index >= 15 is 0 Å². The third kappa shape index (κ3) is 2.69. The zero-order chi connectivity index (χ0) is 12.5. The van der Waals surface area contributed by atoms with E-state index in [0.29, 0.717) is 0 Å². The Balaban J connectivity index is 2.26. The van der Waals surface area contributed by atoms with Gasteiger partial charge in [0.15, 0.2) is 0 Å². The molecule has 0 saturated carbocycles. The van der Waals surface area contributed by atoms with Crippen molar-refractivity contribution in [1.29, 1.82) is 0 Å². The van der Waals surface area contributed by atoms with Crippen molar-refractivity contribution in [3.05, 3.63) is 17.5 Å². The molecule has 0 radical (unpaired) electrons. The smallest absolute Gasteiger partial charge is 0.244 e. The van der Waals surface area contributed by atoms with Crippen LogP contribution < -0.4 is 10.2 Å². The van der Waals surface area contributed by atoms with Crippen molar-refractivity contribution < 1.29 is 4.79 Å². The van der Waals surface area contributed by atoms with Crippen LogP contribution in [0.15, 0.2) is 17.5 Å². The van der Waals surface area contributed by atoms with Gasteiger partial charge < -0.3 is 10.2 Å². The Morgan fingerprint density at radius 3 is 2.88 bits per heavy atom. The number of anilines is 1. The molecule has 0 aliphatic carbocycles. The third-order valence-electron chi connectivity index (χ3n) is 3.45. The SMILES string of the molecule is CNC1CC(C)(C)CCN(c2cccs2)C1=O. The number of carbonyl (C=O) groups excluding carboxylic acids is 1. The normalized spacial score (nSPS) is 24.8. The molecular formula is C13H20N2OS. The van der Waals surface area contributed by atoms with E-state index in [4.69, 9.17) is 0 Å². The Labute approximate surface area is 107 Å². The van der Waals surface area contributed by atoms with Crippen molar-refractivity contribution >= 4 is 22.2 Å². The molecule has 17 heavy (non-hydrogen) atoms. The van der Waals surface area contributed by atoms with Gasteiger partial charge in [0.25, 0.3) is 0 Å². The Bertz CT molecular complexity index is 386. The van der Waals surface area contributed by atoms with Gasteiger partial charge in [0, 0.05) is 6.54 Å². The minimum Gasteiger partial charge on any atom is -0.309 e. The fourth-order valence-electron chi connectivity index (χ4n) is 2.32. The molecule has 0 aromatic carbocycles. The van der Waals surface area contributed by atoms with Crippen molar-refractivity contribution in [3.63, 3.8) is 0 Å². The molecule has 2 heterocycles. The predicted octanol–water partition coefficient (Wildman–Crippen LogP) is 2.49. The number of likely N-dealkylation sites (N-methyl/N-ethyl adjacent to an activating group) is 1. The van der Waals surface area contributed by atoms with Gasteiger partial charge in [0.1, 0.15) is 0 Å². The van der Waals surface area contributed by atoms with Crippen molar-refractivity contribution in [2.75, 3.05) is 18.5 Å². The van der Waals surface area contributed by atoms with E-state index < -0.39 is 0 Å². The zero-order valence-corrected chi connectivity index (χ0v) is 11.5. The molecule has 3 nitrogen and oxygen atoms in total. The molecule has 1 amide bonds. The summed E-state index contributed by atoms with van der Waals surface area (Å²) >= 11 is 1.63. The van der Waals surface area contributed by atoms with Gasteiger partial charge in [-0.15, -0.1) is 11.3 Å². The van der Waals surface area contributed by atoms with Gasteiger partial charge in [-0.25, -0.2) is 0 Å². The van der Waals surface area contributed by atoms with E-state index in [1.54, 1.807) is 11.3 Å². The van der Waals surface area contributed by atoms with Gasteiger partial charge in [-0.2, -0.15) is 0 Å². The number of hydrogen-bond donors (Lipinski definition) is 1. The van der Waals surface area contributed by atoms with Gasteiger partial charge in [-0.1, -0.05) is 13.8 Å². The number of rotatable bonds is 2. The minimum absolute atomic E-state index is 0.0606. The molecular weight excluding hydrogens is 232 g/mol. The van der Waals surface area contributed by atoms with Crippen LogP contribution in [0, 0.1) is 5.41 Å². The lowest BCUT2D eigenvalue weighted by atomic mass is 9.83. The van der Waals surface area contributed by atoms with Gasteiger partial charge >= 0.3 is 0 Å². The first kappa shape index (κ1) is 12.6. The quantitative estimate of drug-likeness (QED) is 0.877. The highest BCUT2D eigenvalue weighted by Gasteiger charge is 2.35. The highest BCUT2D eigenvalue weighted by Crippen LogP contribution is 2.33. The average molecular weight is 252 g/mol. The van der Waals surface area contributed by atoms with Crippen LogP contribution in [0.25, 0.3) is 0 Å². The van der Waals surface area contributed by atoms with Crippen molar-refractivity contribution in [2.24, 2.45) is 5.41 Å². The lowest BCUT2D eigenvalue weighted by Gasteiger charge is -2.24. The first-order valence-electron chi connectivity index (χ1n) is 6.06. The second-order valence-corrected chi connectivity index (χ2v) is 6.33.